The van der Waals surface area contributed by atoms with Crippen LogP contribution >= 0.6 is 0 Å². The van der Waals surface area contributed by atoms with Gasteiger partial charge in [-0.05, 0) is 67.2 Å². The number of rotatable bonds is 12. The van der Waals surface area contributed by atoms with Crippen LogP contribution in [0.2, 0.25) is 0 Å². The summed E-state index contributed by atoms with van der Waals surface area (Å²) in [5.74, 6) is -1.89. The third kappa shape index (κ3) is 8.77. The van der Waals surface area contributed by atoms with Crippen molar-refractivity contribution in [2.24, 2.45) is 5.92 Å². The van der Waals surface area contributed by atoms with Crippen LogP contribution in [0.3, 0.4) is 0 Å². The number of hydrogen-bond donors (Lipinski definition) is 3. The van der Waals surface area contributed by atoms with Gasteiger partial charge in [0.15, 0.2) is 17.3 Å². The molecule has 0 saturated heterocycles. The number of phenolic OH excluding ortho intramolecular Hbond substituents is 2. The first kappa shape index (κ1) is 24.9. The number of ether oxygens (including phenoxy) is 2. The van der Waals surface area contributed by atoms with E-state index in [9.17, 15) is 24.6 Å². The Morgan fingerprint density at radius 1 is 1.25 bits per heavy atom. The van der Waals surface area contributed by atoms with Crippen molar-refractivity contribution in [1.82, 2.24) is 0 Å². The minimum absolute atomic E-state index is 0.0379. The van der Waals surface area contributed by atoms with Gasteiger partial charge in [0.1, 0.15) is 6.61 Å². The minimum Gasteiger partial charge on any atom is -0.504 e. The van der Waals surface area contributed by atoms with Crippen LogP contribution in [0.4, 0.5) is 0 Å². The van der Waals surface area contributed by atoms with Gasteiger partial charge < -0.3 is 24.8 Å². The molecule has 1 aromatic carbocycles. The van der Waals surface area contributed by atoms with E-state index in [0.717, 1.165) is 5.57 Å². The summed E-state index contributed by atoms with van der Waals surface area (Å²) in [5, 5.41) is 27.9. The number of esters is 2. The van der Waals surface area contributed by atoms with Crippen LogP contribution in [-0.4, -0.2) is 52.9 Å². The van der Waals surface area contributed by atoms with Gasteiger partial charge in [-0.3, -0.25) is 4.79 Å². The number of cyclic esters (lactones) is 1. The van der Waals surface area contributed by atoms with Crippen molar-refractivity contribution in [3.05, 3.63) is 53.1 Å². The van der Waals surface area contributed by atoms with Gasteiger partial charge in [-0.1, -0.05) is 6.07 Å². The van der Waals surface area contributed by atoms with Crippen molar-refractivity contribution in [2.45, 2.75) is 32.6 Å². The third-order valence-electron chi connectivity index (χ3n) is 4.85. The van der Waals surface area contributed by atoms with Gasteiger partial charge in [-0.15, -0.1) is 0 Å². The quantitative estimate of drug-likeness (QED) is 0.255. The van der Waals surface area contributed by atoms with Gasteiger partial charge >= 0.3 is 11.9 Å². The smallest absolute Gasteiger partial charge is 0.331 e. The van der Waals surface area contributed by atoms with E-state index in [2.05, 4.69) is 0 Å². The predicted octanol–water partition coefficient (Wildman–Crippen LogP) is 2.82. The maximum atomic E-state index is 12.2. The maximum Gasteiger partial charge on any atom is 0.331 e. The molecule has 1 heterocycles. The Bertz CT molecular complexity index is 926. The summed E-state index contributed by atoms with van der Waals surface area (Å²) in [5.41, 5.74) is 1.96. The van der Waals surface area contributed by atoms with Crippen molar-refractivity contribution in [3.63, 3.8) is 0 Å². The zero-order valence-corrected chi connectivity index (χ0v) is 18.0. The molecule has 0 spiro atoms. The fraction of sp³-hybridized carbons (Fsp3) is 0.375. The average molecular weight is 444 g/mol. The zero-order valence-electron chi connectivity index (χ0n) is 18.0. The number of benzene rings is 1. The van der Waals surface area contributed by atoms with Gasteiger partial charge in [0.05, 0.1) is 13.2 Å². The second-order valence-corrected chi connectivity index (χ2v) is 7.70. The van der Waals surface area contributed by atoms with Gasteiger partial charge in [-0.25, -0.2) is 9.59 Å². The van der Waals surface area contributed by atoms with E-state index in [1.54, 1.807) is 6.92 Å². The summed E-state index contributed by atoms with van der Waals surface area (Å²) in [4.78, 5) is 35.5. The van der Waals surface area contributed by atoms with Crippen LogP contribution in [0.15, 0.2) is 47.6 Å². The molecule has 0 aliphatic carbocycles. The van der Waals surface area contributed by atoms with E-state index in [1.807, 2.05) is 0 Å². The number of ketones is 1. The Kier molecular flexibility index (Phi) is 9.69. The average Bonchev–Trinajstić information content (AvgIpc) is 3.17. The summed E-state index contributed by atoms with van der Waals surface area (Å²) < 4.78 is 10.2. The molecule has 1 aliphatic heterocycles. The molecule has 1 atom stereocenters. The zero-order chi connectivity index (χ0) is 23.5. The second-order valence-electron chi connectivity index (χ2n) is 7.70. The number of aromatic hydroxyl groups is 2. The predicted molar refractivity (Wildman–Crippen MR) is 117 cm³/mol. The summed E-state index contributed by atoms with van der Waals surface area (Å²) in [6.07, 6.45) is 7.62. The van der Waals surface area contributed by atoms with Crippen molar-refractivity contribution >= 4 is 23.8 Å². The Morgan fingerprint density at radius 3 is 2.69 bits per heavy atom. The van der Waals surface area contributed by atoms with Gasteiger partial charge in [0.2, 0.25) is 0 Å². The van der Waals surface area contributed by atoms with E-state index in [1.165, 1.54) is 42.5 Å². The molecule has 1 unspecified atom stereocenters. The van der Waals surface area contributed by atoms with Crippen LogP contribution in [0.5, 0.6) is 11.5 Å². The molecule has 32 heavy (non-hydrogen) atoms. The topological polar surface area (TPSA) is 130 Å². The van der Waals surface area contributed by atoms with E-state index in [0.29, 0.717) is 30.4 Å². The van der Waals surface area contributed by atoms with Crippen LogP contribution in [0.25, 0.3) is 6.08 Å². The molecule has 0 fully saturated rings. The first-order chi connectivity index (χ1) is 15.3. The van der Waals surface area contributed by atoms with Crippen LogP contribution in [0, 0.1) is 5.92 Å². The normalized spacial score (nSPS) is 14.9. The van der Waals surface area contributed by atoms with E-state index in [4.69, 9.17) is 14.6 Å². The highest BCUT2D eigenvalue weighted by Gasteiger charge is 2.17. The molecular weight excluding hydrogens is 416 g/mol. The largest absolute Gasteiger partial charge is 0.504 e. The Balaban J connectivity index is 1.91. The highest BCUT2D eigenvalue weighted by atomic mass is 16.5. The molecule has 0 amide bonds. The standard InChI is InChI=1S/C24H28O8/c1-16(13-25)9-20(26)10-18(3-2-4-19-12-24(30)32-15-19)14-31-23(29)8-6-17-5-7-21(27)22(28)11-17/h5-9,11-12,18,25,27-28H,2-4,10,13-15H2,1H3. The molecule has 0 radical (unpaired) electrons. The number of phenols is 2. The van der Waals surface area contributed by atoms with E-state index >= 15 is 0 Å². The molecule has 0 aromatic heterocycles. The molecule has 172 valence electrons. The monoisotopic (exact) mass is 444 g/mol. The van der Waals surface area contributed by atoms with E-state index < -0.39 is 5.97 Å². The number of aliphatic hydroxyl groups is 1. The summed E-state index contributed by atoms with van der Waals surface area (Å²) >= 11 is 0. The number of carbonyl (C=O) groups is 3. The lowest BCUT2D eigenvalue weighted by Crippen LogP contribution is -2.16. The van der Waals surface area contributed by atoms with Crippen LogP contribution in [0.1, 0.15) is 38.2 Å². The SMILES string of the molecule is CC(=CC(=O)CC(CCCC1=CC(=O)OC1)COC(=O)C=Cc1ccc(O)c(O)c1)CO. The molecule has 0 saturated carbocycles. The number of hydrogen-bond acceptors (Lipinski definition) is 8. The number of aliphatic hydroxyl groups excluding tert-OH is 1. The van der Waals surface area contributed by atoms with Crippen molar-refractivity contribution in [2.75, 3.05) is 19.8 Å². The minimum atomic E-state index is -0.602. The molecule has 8 heteroatoms. The maximum absolute atomic E-state index is 12.2. The first-order valence-electron chi connectivity index (χ1n) is 10.3. The van der Waals surface area contributed by atoms with Crippen molar-refractivity contribution in [1.29, 1.82) is 0 Å². The molecule has 0 bridgehead atoms. The lowest BCUT2D eigenvalue weighted by molar-refractivity contribution is -0.139. The summed E-state index contributed by atoms with van der Waals surface area (Å²) in [6.45, 7) is 1.78. The number of allylic oxidation sites excluding steroid dienone is 1. The van der Waals surface area contributed by atoms with Crippen LogP contribution < -0.4 is 0 Å². The fourth-order valence-electron chi connectivity index (χ4n) is 3.14. The first-order valence-corrected chi connectivity index (χ1v) is 10.3. The fourth-order valence-corrected chi connectivity index (χ4v) is 3.14. The highest BCUT2D eigenvalue weighted by molar-refractivity contribution is 5.90. The van der Waals surface area contributed by atoms with Gasteiger partial charge in [0.25, 0.3) is 0 Å². The molecule has 2 rings (SSSR count). The lowest BCUT2D eigenvalue weighted by atomic mass is 9.95. The molecular formula is C24H28O8. The second kappa shape index (κ2) is 12.5. The van der Waals surface area contributed by atoms with Gasteiger partial charge in [-0.2, -0.15) is 0 Å². The molecule has 3 N–H and O–H groups in total. The summed E-state index contributed by atoms with van der Waals surface area (Å²) in [7, 11) is 0. The Hall–Kier alpha value is -3.39. The lowest BCUT2D eigenvalue weighted by Gasteiger charge is -2.15. The number of carbonyl (C=O) groups excluding carboxylic acids is 3. The van der Waals surface area contributed by atoms with Crippen LogP contribution in [-0.2, 0) is 23.9 Å². The van der Waals surface area contributed by atoms with Crippen molar-refractivity contribution < 1.29 is 39.2 Å². The Labute approximate surface area is 186 Å². The van der Waals surface area contributed by atoms with Gasteiger partial charge in [0, 0.05) is 24.5 Å². The highest BCUT2D eigenvalue weighted by Crippen LogP contribution is 2.25. The Morgan fingerprint density at radius 2 is 2.03 bits per heavy atom. The molecule has 8 nitrogen and oxygen atoms in total. The molecule has 1 aromatic rings. The van der Waals surface area contributed by atoms with Crippen molar-refractivity contribution in [3.8, 4) is 11.5 Å². The van der Waals surface area contributed by atoms with E-state index in [-0.39, 0.29) is 55.4 Å². The third-order valence-corrected chi connectivity index (χ3v) is 4.85. The molecule has 1 aliphatic rings. The summed E-state index contributed by atoms with van der Waals surface area (Å²) in [6, 6.07) is 4.15.